The second-order valence-corrected chi connectivity index (χ2v) is 8.26. The summed E-state index contributed by atoms with van der Waals surface area (Å²) < 4.78 is 0. The molecule has 0 spiro atoms. The molecule has 0 bridgehead atoms. The average molecular weight is 373 g/mol. The number of hydrogen-bond donors (Lipinski definition) is 1. The summed E-state index contributed by atoms with van der Waals surface area (Å²) in [6.07, 6.45) is 2.28. The number of para-hydroxylation sites is 1. The number of hydrogen-bond acceptors (Lipinski definition) is 2. The molecule has 0 fully saturated rings. The molecule has 0 aromatic heterocycles. The van der Waals surface area contributed by atoms with Gasteiger partial charge in [-0.15, -0.1) is 0 Å². The molecule has 0 aliphatic carbocycles. The van der Waals surface area contributed by atoms with Gasteiger partial charge in [0.05, 0.1) is 11.4 Å². The van der Waals surface area contributed by atoms with E-state index >= 15 is 0 Å². The summed E-state index contributed by atoms with van der Waals surface area (Å²) in [7, 11) is 0. The Bertz CT molecular complexity index is 933. The lowest BCUT2D eigenvalue weighted by Crippen LogP contribution is -2.32. The van der Waals surface area contributed by atoms with Crippen molar-refractivity contribution in [1.29, 1.82) is 0 Å². The van der Waals surface area contributed by atoms with Crippen LogP contribution in [0.15, 0.2) is 73.1 Å². The van der Waals surface area contributed by atoms with Crippen molar-refractivity contribution in [1.82, 2.24) is 4.90 Å². The van der Waals surface area contributed by atoms with E-state index in [1.165, 1.54) is 22.3 Å². The summed E-state index contributed by atoms with van der Waals surface area (Å²) in [6, 6.07) is 15.0. The lowest BCUT2D eigenvalue weighted by Gasteiger charge is -2.39. The Kier molecular flexibility index (Phi) is 5.79. The van der Waals surface area contributed by atoms with Crippen LogP contribution < -0.4 is 5.32 Å². The van der Waals surface area contributed by atoms with E-state index in [0.717, 1.165) is 29.3 Å². The van der Waals surface area contributed by atoms with Gasteiger partial charge in [0, 0.05) is 23.5 Å². The van der Waals surface area contributed by atoms with Crippen molar-refractivity contribution in [3.63, 3.8) is 0 Å². The van der Waals surface area contributed by atoms with Gasteiger partial charge in [0.15, 0.2) is 0 Å². The van der Waals surface area contributed by atoms with Crippen LogP contribution in [0.2, 0.25) is 0 Å². The van der Waals surface area contributed by atoms with Gasteiger partial charge < -0.3 is 10.2 Å². The quantitative estimate of drug-likeness (QED) is 0.577. The van der Waals surface area contributed by atoms with Crippen LogP contribution in [0.1, 0.15) is 48.9 Å². The van der Waals surface area contributed by atoms with Gasteiger partial charge in [-0.2, -0.15) is 0 Å². The van der Waals surface area contributed by atoms with Crippen molar-refractivity contribution in [2.24, 2.45) is 5.92 Å². The van der Waals surface area contributed by atoms with Crippen LogP contribution >= 0.6 is 0 Å². The zero-order chi connectivity index (χ0) is 20.4. The minimum Gasteiger partial charge on any atom is -0.354 e. The molecule has 2 aromatic rings. The molecule has 3 rings (SSSR count). The van der Waals surface area contributed by atoms with Crippen LogP contribution in [0.3, 0.4) is 0 Å². The molecule has 0 saturated heterocycles. The van der Waals surface area contributed by atoms with E-state index in [-0.39, 0.29) is 0 Å². The molecule has 1 aliphatic rings. The zero-order valence-electron chi connectivity index (χ0n) is 17.8. The predicted molar refractivity (Wildman–Crippen MR) is 122 cm³/mol. The summed E-state index contributed by atoms with van der Waals surface area (Å²) >= 11 is 0. The Morgan fingerprint density at radius 2 is 1.89 bits per heavy atom. The molecule has 2 aromatic carbocycles. The van der Waals surface area contributed by atoms with Crippen LogP contribution in [-0.4, -0.2) is 11.4 Å². The molecule has 0 amide bonds. The van der Waals surface area contributed by atoms with Gasteiger partial charge in [-0.05, 0) is 48.9 Å². The number of allylic oxidation sites excluding steroid dienone is 1. The number of rotatable bonds is 5. The maximum absolute atomic E-state index is 4.46. The standard InChI is InChI=1S/C26H32N2/c1-17(2)14-26(21(6)27-25-11-9-8-10-19(25)4)28-16-20(5)23-13-12-18(3)15-24(23)22(28)7/h8-15,17,20,27H,6-7,16H2,1-5H3/b26-14+. The maximum Gasteiger partial charge on any atom is 0.0606 e. The molecule has 28 heavy (non-hydrogen) atoms. The maximum atomic E-state index is 4.46. The summed E-state index contributed by atoms with van der Waals surface area (Å²) in [5, 5.41) is 3.54. The molecule has 1 heterocycles. The van der Waals surface area contributed by atoms with Crippen molar-refractivity contribution < 1.29 is 0 Å². The van der Waals surface area contributed by atoms with Gasteiger partial charge in [-0.3, -0.25) is 0 Å². The lowest BCUT2D eigenvalue weighted by molar-refractivity contribution is 0.438. The Balaban J connectivity index is 1.97. The molecule has 146 valence electrons. The van der Waals surface area contributed by atoms with Crippen LogP contribution in [0.5, 0.6) is 0 Å². The first-order valence-electron chi connectivity index (χ1n) is 10.1. The topological polar surface area (TPSA) is 15.3 Å². The van der Waals surface area contributed by atoms with E-state index < -0.39 is 0 Å². The van der Waals surface area contributed by atoms with Gasteiger partial charge in [0.2, 0.25) is 0 Å². The second kappa shape index (κ2) is 8.10. The van der Waals surface area contributed by atoms with Crippen LogP contribution in [0, 0.1) is 19.8 Å². The summed E-state index contributed by atoms with van der Waals surface area (Å²) in [6.45, 7) is 20.7. The fourth-order valence-corrected chi connectivity index (χ4v) is 3.83. The second-order valence-electron chi connectivity index (χ2n) is 8.26. The minimum absolute atomic E-state index is 0.410. The molecule has 1 aliphatic heterocycles. The van der Waals surface area contributed by atoms with Crippen LogP contribution in [-0.2, 0) is 0 Å². The number of nitrogens with one attached hydrogen (secondary N) is 1. The third kappa shape index (κ3) is 4.06. The SMILES string of the molecule is C=C(Nc1ccccc1C)/C(=C\C(C)C)N1CC(C)c2ccc(C)cc2C1=C. The first kappa shape index (κ1) is 20.0. The van der Waals surface area contributed by atoms with E-state index in [9.17, 15) is 0 Å². The predicted octanol–water partition coefficient (Wildman–Crippen LogP) is 6.86. The smallest absolute Gasteiger partial charge is 0.0606 e. The third-order valence-electron chi connectivity index (χ3n) is 5.35. The molecule has 1 N–H and O–H groups in total. The third-order valence-corrected chi connectivity index (χ3v) is 5.35. The summed E-state index contributed by atoms with van der Waals surface area (Å²) in [5.41, 5.74) is 9.27. The molecular formula is C26H32N2. The number of nitrogens with zero attached hydrogens (tertiary/aromatic N) is 1. The van der Waals surface area contributed by atoms with E-state index in [0.29, 0.717) is 11.8 Å². The highest BCUT2D eigenvalue weighted by atomic mass is 15.2. The molecule has 1 atom stereocenters. The Hall–Kier alpha value is -2.74. The molecular weight excluding hydrogens is 340 g/mol. The normalized spacial score (nSPS) is 16.9. The fraction of sp³-hybridized carbons (Fsp3) is 0.308. The van der Waals surface area contributed by atoms with Crippen molar-refractivity contribution in [2.45, 2.75) is 40.5 Å². The first-order valence-corrected chi connectivity index (χ1v) is 10.1. The van der Waals surface area contributed by atoms with Gasteiger partial charge >= 0.3 is 0 Å². The van der Waals surface area contributed by atoms with Crippen molar-refractivity contribution in [3.8, 4) is 0 Å². The van der Waals surface area contributed by atoms with Gasteiger partial charge in [0.25, 0.3) is 0 Å². The average Bonchev–Trinajstić information content (AvgIpc) is 2.64. The number of benzene rings is 2. The summed E-state index contributed by atoms with van der Waals surface area (Å²) in [5.74, 6) is 0.843. The minimum atomic E-state index is 0.410. The van der Waals surface area contributed by atoms with E-state index in [2.05, 4.69) is 107 Å². The molecule has 1 unspecified atom stereocenters. The monoisotopic (exact) mass is 372 g/mol. The highest BCUT2D eigenvalue weighted by Gasteiger charge is 2.28. The van der Waals surface area contributed by atoms with Crippen LogP contribution in [0.4, 0.5) is 5.69 Å². The zero-order valence-corrected chi connectivity index (χ0v) is 17.8. The molecule has 0 radical (unpaired) electrons. The Labute approximate surface area is 170 Å². The first-order chi connectivity index (χ1) is 13.3. The Morgan fingerprint density at radius 3 is 2.57 bits per heavy atom. The van der Waals surface area contributed by atoms with Gasteiger partial charge in [-0.1, -0.05) is 75.9 Å². The number of anilines is 1. The number of aryl methyl sites for hydroxylation is 2. The van der Waals surface area contributed by atoms with Gasteiger partial charge in [-0.25, -0.2) is 0 Å². The van der Waals surface area contributed by atoms with E-state index in [1.807, 2.05) is 0 Å². The summed E-state index contributed by atoms with van der Waals surface area (Å²) in [4.78, 5) is 2.33. The van der Waals surface area contributed by atoms with Crippen molar-refractivity contribution in [3.05, 3.63) is 95.3 Å². The largest absolute Gasteiger partial charge is 0.354 e. The van der Waals surface area contributed by atoms with E-state index in [4.69, 9.17) is 0 Å². The molecule has 0 saturated carbocycles. The lowest BCUT2D eigenvalue weighted by atomic mass is 9.87. The van der Waals surface area contributed by atoms with Crippen molar-refractivity contribution in [2.75, 3.05) is 11.9 Å². The highest BCUT2D eigenvalue weighted by Crippen LogP contribution is 2.38. The number of fused-ring (bicyclic) bond motifs is 1. The fourth-order valence-electron chi connectivity index (χ4n) is 3.83. The van der Waals surface area contributed by atoms with E-state index in [1.54, 1.807) is 0 Å². The van der Waals surface area contributed by atoms with Gasteiger partial charge in [0.1, 0.15) is 0 Å². The molecule has 2 heteroatoms. The molecule has 2 nitrogen and oxygen atoms in total. The van der Waals surface area contributed by atoms with Crippen LogP contribution in [0.25, 0.3) is 5.70 Å². The highest BCUT2D eigenvalue weighted by molar-refractivity contribution is 5.71. The van der Waals surface area contributed by atoms with Crippen molar-refractivity contribution >= 4 is 11.4 Å². The Morgan fingerprint density at radius 1 is 1.18 bits per heavy atom.